The highest BCUT2D eigenvalue weighted by atomic mass is 32.2. The number of amides is 1. The van der Waals surface area contributed by atoms with Crippen molar-refractivity contribution >= 4 is 45.7 Å². The Morgan fingerprint density at radius 3 is 2.86 bits per heavy atom. The van der Waals surface area contributed by atoms with E-state index in [1.54, 1.807) is 13.3 Å². The predicted molar refractivity (Wildman–Crippen MR) is 113 cm³/mol. The first-order valence-corrected chi connectivity index (χ1v) is 9.68. The van der Waals surface area contributed by atoms with Crippen molar-refractivity contribution in [1.29, 1.82) is 0 Å². The highest BCUT2D eigenvalue weighted by Gasteiger charge is 2.08. The zero-order valence-electron chi connectivity index (χ0n) is 15.2. The molecule has 0 saturated carbocycles. The number of hydrogen-bond acceptors (Lipinski definition) is 5. The van der Waals surface area contributed by atoms with E-state index >= 15 is 0 Å². The van der Waals surface area contributed by atoms with Gasteiger partial charge in [0.05, 0.1) is 30.1 Å². The molecule has 0 bridgehead atoms. The van der Waals surface area contributed by atoms with E-state index in [0.29, 0.717) is 10.9 Å². The minimum Gasteiger partial charge on any atom is -0.496 e. The van der Waals surface area contributed by atoms with E-state index in [4.69, 9.17) is 4.74 Å². The molecule has 140 valence electrons. The van der Waals surface area contributed by atoms with Crippen LogP contribution in [0.5, 0.6) is 5.75 Å². The molecule has 1 amide bonds. The van der Waals surface area contributed by atoms with Gasteiger partial charge < -0.3 is 9.72 Å². The highest BCUT2D eigenvalue weighted by Crippen LogP contribution is 2.26. The molecule has 0 aliphatic rings. The molecular weight excluding hydrogens is 372 g/mol. The Hall–Kier alpha value is -3.32. The Labute approximate surface area is 166 Å². The largest absolute Gasteiger partial charge is 0.496 e. The fraction of sp³-hybridized carbons (Fsp3) is 0.0952. The van der Waals surface area contributed by atoms with Crippen LogP contribution in [0.2, 0.25) is 0 Å². The van der Waals surface area contributed by atoms with Crippen LogP contribution in [0.1, 0.15) is 5.56 Å². The van der Waals surface area contributed by atoms with Crippen molar-refractivity contribution in [3.63, 3.8) is 0 Å². The number of hydrogen-bond donors (Lipinski definition) is 2. The van der Waals surface area contributed by atoms with E-state index in [9.17, 15) is 4.79 Å². The summed E-state index contributed by atoms with van der Waals surface area (Å²) in [5.74, 6) is 0.707. The Balaban J connectivity index is 1.42. The van der Waals surface area contributed by atoms with E-state index < -0.39 is 0 Å². The molecule has 28 heavy (non-hydrogen) atoms. The maximum absolute atomic E-state index is 12.1. The van der Waals surface area contributed by atoms with E-state index in [1.165, 1.54) is 11.8 Å². The van der Waals surface area contributed by atoms with Crippen LogP contribution >= 0.6 is 11.8 Å². The molecule has 0 aliphatic heterocycles. The summed E-state index contributed by atoms with van der Waals surface area (Å²) in [6, 6.07) is 19.6. The number of carbonyl (C=O) groups excluding carboxylic acids is 1. The molecule has 0 saturated heterocycles. The van der Waals surface area contributed by atoms with Gasteiger partial charge in [0.25, 0.3) is 5.91 Å². The number of aromatic nitrogens is 2. The topological polar surface area (TPSA) is 79.4 Å². The molecule has 3 aromatic carbocycles. The molecular formula is C21H18N4O2S. The van der Waals surface area contributed by atoms with Crippen LogP contribution in [0.3, 0.4) is 0 Å². The van der Waals surface area contributed by atoms with Gasteiger partial charge in [0.15, 0.2) is 5.16 Å². The van der Waals surface area contributed by atoms with Crippen LogP contribution in [0.4, 0.5) is 0 Å². The van der Waals surface area contributed by atoms with Crippen LogP contribution in [-0.2, 0) is 4.79 Å². The number of imidazole rings is 1. The van der Waals surface area contributed by atoms with Crippen LogP contribution < -0.4 is 10.2 Å². The van der Waals surface area contributed by atoms with E-state index in [1.807, 2.05) is 60.7 Å². The summed E-state index contributed by atoms with van der Waals surface area (Å²) >= 11 is 1.33. The number of para-hydroxylation sites is 2. The third-order valence-corrected chi connectivity index (χ3v) is 5.11. The van der Waals surface area contributed by atoms with Crippen molar-refractivity contribution in [3.8, 4) is 5.75 Å². The van der Waals surface area contributed by atoms with Crippen LogP contribution in [0, 0.1) is 0 Å². The van der Waals surface area contributed by atoms with Crippen LogP contribution in [-0.4, -0.2) is 35.0 Å². The molecule has 2 N–H and O–H groups in total. The Morgan fingerprint density at radius 1 is 1.18 bits per heavy atom. The second-order valence-electron chi connectivity index (χ2n) is 6.04. The van der Waals surface area contributed by atoms with Crippen molar-refractivity contribution in [3.05, 3.63) is 66.2 Å². The summed E-state index contributed by atoms with van der Waals surface area (Å²) in [5.41, 5.74) is 5.22. The monoisotopic (exact) mass is 390 g/mol. The molecule has 4 rings (SSSR count). The highest BCUT2D eigenvalue weighted by molar-refractivity contribution is 7.99. The summed E-state index contributed by atoms with van der Waals surface area (Å²) in [6.07, 6.45) is 1.62. The zero-order chi connectivity index (χ0) is 19.3. The number of fused-ring (bicyclic) bond motifs is 2. The quantitative estimate of drug-likeness (QED) is 0.297. The number of benzene rings is 3. The molecule has 0 spiro atoms. The number of hydrazone groups is 1. The zero-order valence-corrected chi connectivity index (χ0v) is 16.0. The number of ether oxygens (including phenoxy) is 1. The second kappa shape index (κ2) is 8.14. The SMILES string of the molecule is COc1ccc2ccccc2c1/C=N/NC(=O)CSc1nc2ccccc2[nH]1. The first-order valence-electron chi connectivity index (χ1n) is 8.70. The van der Waals surface area contributed by atoms with Gasteiger partial charge in [0.1, 0.15) is 5.75 Å². The number of H-pyrrole nitrogens is 1. The molecule has 0 fully saturated rings. The molecule has 0 aliphatic carbocycles. The number of methoxy groups -OCH3 is 1. The lowest BCUT2D eigenvalue weighted by atomic mass is 10.0. The Kier molecular flexibility index (Phi) is 5.25. The van der Waals surface area contributed by atoms with E-state index in [0.717, 1.165) is 27.4 Å². The third-order valence-electron chi connectivity index (χ3n) is 4.24. The summed E-state index contributed by atoms with van der Waals surface area (Å²) in [6.45, 7) is 0. The maximum atomic E-state index is 12.1. The van der Waals surface area contributed by atoms with Gasteiger partial charge in [-0.2, -0.15) is 5.10 Å². The van der Waals surface area contributed by atoms with Crippen molar-refractivity contribution in [2.75, 3.05) is 12.9 Å². The molecule has 4 aromatic rings. The number of nitrogens with zero attached hydrogens (tertiary/aromatic N) is 2. The fourth-order valence-electron chi connectivity index (χ4n) is 2.92. The Morgan fingerprint density at radius 2 is 2.00 bits per heavy atom. The molecule has 1 aromatic heterocycles. The third kappa shape index (κ3) is 3.84. The average molecular weight is 390 g/mol. The van der Waals surface area contributed by atoms with Crippen LogP contribution in [0.25, 0.3) is 21.8 Å². The lowest BCUT2D eigenvalue weighted by Crippen LogP contribution is -2.19. The van der Waals surface area contributed by atoms with Gasteiger partial charge in [-0.05, 0) is 29.0 Å². The predicted octanol–water partition coefficient (Wildman–Crippen LogP) is 3.97. The first-order chi connectivity index (χ1) is 13.7. The first kappa shape index (κ1) is 18.1. The van der Waals surface area contributed by atoms with Crippen molar-refractivity contribution in [2.45, 2.75) is 5.16 Å². The number of aromatic amines is 1. The molecule has 7 heteroatoms. The number of thioether (sulfide) groups is 1. The number of nitrogens with one attached hydrogen (secondary N) is 2. The van der Waals surface area contributed by atoms with Crippen molar-refractivity contribution in [1.82, 2.24) is 15.4 Å². The fourth-order valence-corrected chi connectivity index (χ4v) is 3.60. The Bertz CT molecular complexity index is 1140. The van der Waals surface area contributed by atoms with E-state index in [-0.39, 0.29) is 11.7 Å². The summed E-state index contributed by atoms with van der Waals surface area (Å²) < 4.78 is 5.42. The second-order valence-corrected chi connectivity index (χ2v) is 7.01. The van der Waals surface area contributed by atoms with Gasteiger partial charge in [-0.15, -0.1) is 0 Å². The van der Waals surface area contributed by atoms with Gasteiger partial charge in [-0.25, -0.2) is 10.4 Å². The van der Waals surface area contributed by atoms with E-state index in [2.05, 4.69) is 20.5 Å². The lowest BCUT2D eigenvalue weighted by Gasteiger charge is -2.08. The van der Waals surface area contributed by atoms with Crippen molar-refractivity contribution < 1.29 is 9.53 Å². The minimum atomic E-state index is -0.207. The average Bonchev–Trinajstić information content (AvgIpc) is 3.15. The number of rotatable bonds is 6. The summed E-state index contributed by atoms with van der Waals surface area (Å²) in [4.78, 5) is 19.7. The van der Waals surface area contributed by atoms with Gasteiger partial charge in [0, 0.05) is 5.56 Å². The van der Waals surface area contributed by atoms with Gasteiger partial charge in [-0.1, -0.05) is 54.2 Å². The normalized spacial score (nSPS) is 11.3. The van der Waals surface area contributed by atoms with Gasteiger partial charge in [-0.3, -0.25) is 4.79 Å². The smallest absolute Gasteiger partial charge is 0.250 e. The molecule has 0 unspecified atom stereocenters. The molecule has 0 radical (unpaired) electrons. The molecule has 6 nitrogen and oxygen atoms in total. The van der Waals surface area contributed by atoms with Crippen molar-refractivity contribution in [2.24, 2.45) is 5.10 Å². The minimum absolute atomic E-state index is 0.207. The summed E-state index contributed by atoms with van der Waals surface area (Å²) in [5, 5.41) is 6.90. The van der Waals surface area contributed by atoms with Gasteiger partial charge >= 0.3 is 0 Å². The molecule has 1 heterocycles. The lowest BCUT2D eigenvalue weighted by molar-refractivity contribution is -0.118. The number of carbonyl (C=O) groups is 1. The van der Waals surface area contributed by atoms with Crippen LogP contribution in [0.15, 0.2) is 70.9 Å². The maximum Gasteiger partial charge on any atom is 0.250 e. The standard InChI is InChI=1S/C21H18N4O2S/c1-27-19-11-10-14-6-2-3-7-15(14)16(19)12-22-25-20(26)13-28-21-23-17-8-4-5-9-18(17)24-21/h2-12H,13H2,1H3,(H,23,24)(H,25,26)/b22-12+. The summed E-state index contributed by atoms with van der Waals surface area (Å²) in [7, 11) is 1.62. The van der Waals surface area contributed by atoms with Gasteiger partial charge in [0.2, 0.25) is 0 Å². The molecule has 0 atom stereocenters.